The van der Waals surface area contributed by atoms with E-state index >= 15 is 0 Å². The van der Waals surface area contributed by atoms with Gasteiger partial charge in [0.15, 0.2) is 0 Å². The lowest BCUT2D eigenvalue weighted by atomic mass is 10.0. The molecule has 1 saturated heterocycles. The van der Waals surface area contributed by atoms with Crippen molar-refractivity contribution in [3.8, 4) is 0 Å². The molecule has 5 rings (SSSR count). The number of nitrogens with one attached hydrogen (secondary N) is 1. The molecule has 134 valence electrons. The van der Waals surface area contributed by atoms with Gasteiger partial charge in [-0.1, -0.05) is 18.2 Å². The summed E-state index contributed by atoms with van der Waals surface area (Å²) in [6.07, 6.45) is 4.45. The van der Waals surface area contributed by atoms with Crippen molar-refractivity contribution in [2.75, 3.05) is 29.4 Å². The fourth-order valence-electron chi connectivity index (χ4n) is 4.19. The molecule has 0 unspecified atom stereocenters. The molecular weight excluding hydrogens is 326 g/mol. The molecule has 6 nitrogen and oxygen atoms in total. The summed E-state index contributed by atoms with van der Waals surface area (Å²) >= 11 is 0. The van der Waals surface area contributed by atoms with Crippen LogP contribution in [0.2, 0.25) is 0 Å². The largest absolute Gasteiger partial charge is 0.391 e. The minimum absolute atomic E-state index is 0.258. The van der Waals surface area contributed by atoms with Crippen LogP contribution < -0.4 is 9.80 Å². The van der Waals surface area contributed by atoms with Gasteiger partial charge in [-0.15, -0.1) is 0 Å². The average Bonchev–Trinajstić information content (AvgIpc) is 3.06. The number of aromatic nitrogens is 3. The van der Waals surface area contributed by atoms with Crippen molar-refractivity contribution in [3.05, 3.63) is 47.8 Å². The number of anilines is 2. The lowest BCUT2D eigenvalue weighted by molar-refractivity contribution is 0.154. The number of aliphatic hydroxyl groups is 1. The molecule has 4 heterocycles. The smallest absolute Gasteiger partial charge is 0.227 e. The van der Waals surface area contributed by atoms with Gasteiger partial charge in [0.1, 0.15) is 5.82 Å². The number of hydrogen-bond donors (Lipinski definition) is 2. The summed E-state index contributed by atoms with van der Waals surface area (Å²) in [6.45, 7) is 3.32. The van der Waals surface area contributed by atoms with Crippen LogP contribution in [0.4, 0.5) is 11.8 Å². The summed E-state index contributed by atoms with van der Waals surface area (Å²) in [7, 11) is 0. The van der Waals surface area contributed by atoms with Crippen molar-refractivity contribution < 1.29 is 5.11 Å². The lowest BCUT2D eigenvalue weighted by Crippen LogP contribution is -2.39. The van der Waals surface area contributed by atoms with Crippen molar-refractivity contribution in [1.29, 1.82) is 0 Å². The number of benzene rings is 1. The Morgan fingerprint density at radius 3 is 2.96 bits per heavy atom. The van der Waals surface area contributed by atoms with Crippen LogP contribution in [-0.2, 0) is 13.0 Å². The molecule has 3 aromatic rings. The molecule has 2 aliphatic rings. The van der Waals surface area contributed by atoms with Gasteiger partial charge in [0.2, 0.25) is 5.95 Å². The molecule has 2 aliphatic heterocycles. The van der Waals surface area contributed by atoms with Gasteiger partial charge in [-0.25, -0.2) is 4.98 Å². The van der Waals surface area contributed by atoms with Crippen LogP contribution in [0.5, 0.6) is 0 Å². The minimum atomic E-state index is -0.258. The van der Waals surface area contributed by atoms with E-state index in [0.717, 1.165) is 50.7 Å². The van der Waals surface area contributed by atoms with E-state index in [2.05, 4.69) is 44.0 Å². The van der Waals surface area contributed by atoms with Crippen molar-refractivity contribution in [1.82, 2.24) is 15.0 Å². The molecule has 2 aromatic heterocycles. The maximum atomic E-state index is 9.94. The number of aliphatic hydroxyl groups excluding tert-OH is 1. The van der Waals surface area contributed by atoms with Crippen molar-refractivity contribution in [2.24, 2.45) is 0 Å². The Hall–Kier alpha value is -2.60. The zero-order valence-corrected chi connectivity index (χ0v) is 14.7. The van der Waals surface area contributed by atoms with Gasteiger partial charge in [-0.3, -0.25) is 0 Å². The number of piperidine rings is 1. The molecule has 0 spiro atoms. The Balaban J connectivity index is 1.41. The maximum Gasteiger partial charge on any atom is 0.227 e. The minimum Gasteiger partial charge on any atom is -0.391 e. The molecule has 0 amide bonds. The van der Waals surface area contributed by atoms with Gasteiger partial charge in [0.25, 0.3) is 0 Å². The molecule has 2 N–H and O–H groups in total. The van der Waals surface area contributed by atoms with Crippen molar-refractivity contribution >= 4 is 22.7 Å². The number of hydrogen-bond acceptors (Lipinski definition) is 5. The summed E-state index contributed by atoms with van der Waals surface area (Å²) in [4.78, 5) is 17.3. The van der Waals surface area contributed by atoms with Crippen molar-refractivity contribution in [2.45, 2.75) is 31.9 Å². The van der Waals surface area contributed by atoms with Crippen LogP contribution in [0.1, 0.15) is 24.1 Å². The second kappa shape index (κ2) is 6.29. The third-order valence-electron chi connectivity index (χ3n) is 5.51. The number of nitrogens with zero attached hydrogens (tertiary/aromatic N) is 4. The van der Waals surface area contributed by atoms with Gasteiger partial charge >= 0.3 is 0 Å². The Kier molecular flexibility index (Phi) is 3.78. The van der Waals surface area contributed by atoms with Crippen LogP contribution in [-0.4, -0.2) is 45.8 Å². The monoisotopic (exact) mass is 349 g/mol. The van der Waals surface area contributed by atoms with Crippen molar-refractivity contribution in [3.63, 3.8) is 0 Å². The zero-order valence-electron chi connectivity index (χ0n) is 14.7. The summed E-state index contributed by atoms with van der Waals surface area (Å²) in [5.41, 5.74) is 3.89. The summed E-state index contributed by atoms with van der Waals surface area (Å²) < 4.78 is 0. The van der Waals surface area contributed by atoms with E-state index in [1.54, 1.807) is 0 Å². The fraction of sp³-hybridized carbons (Fsp3) is 0.400. The maximum absolute atomic E-state index is 9.94. The average molecular weight is 349 g/mol. The molecular formula is C20H23N5O. The Labute approximate surface area is 152 Å². The van der Waals surface area contributed by atoms with Crippen LogP contribution in [0.3, 0.4) is 0 Å². The Morgan fingerprint density at radius 2 is 2.04 bits per heavy atom. The normalized spacial score (nSPS) is 20.4. The summed E-state index contributed by atoms with van der Waals surface area (Å²) in [6, 6.07) is 10.4. The van der Waals surface area contributed by atoms with Crippen LogP contribution >= 0.6 is 0 Å². The van der Waals surface area contributed by atoms with Gasteiger partial charge in [-0.05, 0) is 37.0 Å². The fourth-order valence-corrected chi connectivity index (χ4v) is 4.19. The molecule has 6 heteroatoms. The highest BCUT2D eigenvalue weighted by atomic mass is 16.3. The summed E-state index contributed by atoms with van der Waals surface area (Å²) in [5.74, 6) is 1.68. The molecule has 0 radical (unpaired) electrons. The topological polar surface area (TPSA) is 68.3 Å². The van der Waals surface area contributed by atoms with Crippen LogP contribution in [0.15, 0.2) is 36.5 Å². The lowest BCUT2D eigenvalue weighted by Gasteiger charge is -2.32. The first-order valence-electron chi connectivity index (χ1n) is 9.37. The molecule has 26 heavy (non-hydrogen) atoms. The molecule has 1 fully saturated rings. The van der Waals surface area contributed by atoms with E-state index in [0.29, 0.717) is 6.54 Å². The first kappa shape index (κ1) is 15.6. The van der Waals surface area contributed by atoms with E-state index in [4.69, 9.17) is 4.98 Å². The summed E-state index contributed by atoms with van der Waals surface area (Å²) in [5, 5.41) is 11.3. The first-order chi connectivity index (χ1) is 12.8. The second-order valence-corrected chi connectivity index (χ2v) is 7.26. The first-order valence-corrected chi connectivity index (χ1v) is 9.37. The highest BCUT2D eigenvalue weighted by Gasteiger charge is 2.24. The number of para-hydroxylation sites is 1. The third kappa shape index (κ3) is 2.70. The van der Waals surface area contributed by atoms with E-state index in [9.17, 15) is 5.11 Å². The van der Waals surface area contributed by atoms with E-state index < -0.39 is 0 Å². The third-order valence-corrected chi connectivity index (χ3v) is 5.51. The Morgan fingerprint density at radius 1 is 1.12 bits per heavy atom. The molecule has 0 aliphatic carbocycles. The number of fused-ring (bicyclic) bond motifs is 3. The molecule has 0 saturated carbocycles. The number of aromatic amines is 1. The quantitative estimate of drug-likeness (QED) is 0.744. The van der Waals surface area contributed by atoms with Crippen LogP contribution in [0.25, 0.3) is 10.9 Å². The number of rotatable bonds is 2. The predicted molar refractivity (Wildman–Crippen MR) is 103 cm³/mol. The Bertz CT molecular complexity index is 937. The van der Waals surface area contributed by atoms with Crippen LogP contribution in [0, 0.1) is 0 Å². The molecule has 1 aromatic carbocycles. The highest BCUT2D eigenvalue weighted by molar-refractivity contribution is 5.85. The molecule has 0 bridgehead atoms. The second-order valence-electron chi connectivity index (χ2n) is 7.26. The van der Waals surface area contributed by atoms with Gasteiger partial charge in [0.05, 0.1) is 12.6 Å². The number of H-pyrrole nitrogens is 1. The van der Waals surface area contributed by atoms with E-state index in [-0.39, 0.29) is 6.10 Å². The number of β-amino-alcohol motifs (C(OH)–C–C–N with tert-alkyl or cyclic N) is 1. The standard InChI is InChI=1S/C20H23N5O/c26-14-4-3-10-24(12-14)19-7-9-21-20(23-19)25-11-8-16-15-5-1-2-6-17(15)22-18(16)13-25/h1-2,5-7,9,14,22,26H,3-4,8,10-13H2/t14-/m1/s1. The highest BCUT2D eigenvalue weighted by Crippen LogP contribution is 2.29. The molecule has 1 atom stereocenters. The van der Waals surface area contributed by atoms with E-state index in [1.807, 2.05) is 12.3 Å². The van der Waals surface area contributed by atoms with Gasteiger partial charge < -0.3 is 19.9 Å². The zero-order chi connectivity index (χ0) is 17.5. The SMILES string of the molecule is O[C@@H]1CCCN(c2ccnc(N3CCc4c([nH]c5ccccc45)C3)n2)C1. The van der Waals surface area contributed by atoms with Gasteiger partial charge in [0, 0.05) is 42.4 Å². The predicted octanol–water partition coefficient (Wildman–Crippen LogP) is 2.48. The van der Waals surface area contributed by atoms with E-state index in [1.165, 1.54) is 22.2 Å². The van der Waals surface area contributed by atoms with Gasteiger partial charge in [-0.2, -0.15) is 4.98 Å².